The first-order valence-corrected chi connectivity index (χ1v) is 5.87. The summed E-state index contributed by atoms with van der Waals surface area (Å²) in [6, 6.07) is 0.157. The van der Waals surface area contributed by atoms with Crippen LogP contribution in [0.1, 0.15) is 37.9 Å². The minimum Gasteiger partial charge on any atom is -0.376 e. The van der Waals surface area contributed by atoms with Gasteiger partial charge in [-0.3, -0.25) is 9.97 Å². The predicted octanol–water partition coefficient (Wildman–Crippen LogP) is 1.70. The van der Waals surface area contributed by atoms with Gasteiger partial charge in [0.1, 0.15) is 0 Å². The molecule has 1 saturated carbocycles. The Morgan fingerprint density at radius 1 is 1.50 bits per heavy atom. The summed E-state index contributed by atoms with van der Waals surface area (Å²) in [6.45, 7) is 3.01. The van der Waals surface area contributed by atoms with Crippen LogP contribution < -0.4 is 5.32 Å². The summed E-state index contributed by atoms with van der Waals surface area (Å²) >= 11 is 0. The summed E-state index contributed by atoms with van der Waals surface area (Å²) in [5, 5.41) is 3.47. The van der Waals surface area contributed by atoms with Crippen molar-refractivity contribution in [1.82, 2.24) is 15.3 Å². The van der Waals surface area contributed by atoms with Crippen molar-refractivity contribution < 1.29 is 4.74 Å². The van der Waals surface area contributed by atoms with Gasteiger partial charge in [-0.2, -0.15) is 0 Å². The molecule has 1 N–H and O–H groups in total. The van der Waals surface area contributed by atoms with Crippen molar-refractivity contribution in [2.45, 2.75) is 37.8 Å². The van der Waals surface area contributed by atoms with E-state index in [4.69, 9.17) is 4.74 Å². The summed E-state index contributed by atoms with van der Waals surface area (Å²) in [5.74, 6) is 0. The third-order valence-electron chi connectivity index (χ3n) is 3.42. The highest BCUT2D eigenvalue weighted by molar-refractivity contribution is 5.13. The number of methoxy groups -OCH3 is 1. The lowest BCUT2D eigenvalue weighted by atomic mass is 9.73. The second kappa shape index (κ2) is 4.89. The van der Waals surface area contributed by atoms with E-state index in [1.165, 1.54) is 6.42 Å². The van der Waals surface area contributed by atoms with E-state index >= 15 is 0 Å². The summed E-state index contributed by atoms with van der Waals surface area (Å²) in [5.41, 5.74) is 0.900. The van der Waals surface area contributed by atoms with E-state index in [2.05, 4.69) is 22.2 Å². The molecule has 88 valence electrons. The summed E-state index contributed by atoms with van der Waals surface area (Å²) in [4.78, 5) is 8.52. The standard InChI is InChI=1S/C12H19N3O/c1-3-14-11(10-9-13-7-8-15-10)12(16-2)5-4-6-12/h7-9,11,14H,3-6H2,1-2H3. The van der Waals surface area contributed by atoms with E-state index in [0.717, 1.165) is 25.1 Å². The SMILES string of the molecule is CCNC(c1cnccn1)C1(OC)CCC1. The largest absolute Gasteiger partial charge is 0.376 e. The lowest BCUT2D eigenvalue weighted by Crippen LogP contribution is -2.50. The molecular weight excluding hydrogens is 202 g/mol. The number of hydrogen-bond donors (Lipinski definition) is 1. The van der Waals surface area contributed by atoms with E-state index in [0.29, 0.717) is 0 Å². The normalized spacial score (nSPS) is 20.1. The molecule has 2 rings (SSSR count). The number of aromatic nitrogens is 2. The molecule has 4 nitrogen and oxygen atoms in total. The molecule has 0 aliphatic heterocycles. The van der Waals surface area contributed by atoms with Gasteiger partial charge in [0.05, 0.1) is 23.5 Å². The predicted molar refractivity (Wildman–Crippen MR) is 62.0 cm³/mol. The number of rotatable bonds is 5. The summed E-state index contributed by atoms with van der Waals surface area (Å²) in [7, 11) is 1.79. The Kier molecular flexibility index (Phi) is 3.51. The van der Waals surface area contributed by atoms with Gasteiger partial charge in [0, 0.05) is 19.5 Å². The zero-order valence-electron chi connectivity index (χ0n) is 9.94. The van der Waals surface area contributed by atoms with Crippen LogP contribution >= 0.6 is 0 Å². The number of ether oxygens (including phenoxy) is 1. The van der Waals surface area contributed by atoms with Crippen molar-refractivity contribution in [3.8, 4) is 0 Å². The van der Waals surface area contributed by atoms with Gasteiger partial charge in [0.25, 0.3) is 0 Å². The van der Waals surface area contributed by atoms with Crippen LogP contribution in [0.2, 0.25) is 0 Å². The molecule has 1 heterocycles. The van der Waals surface area contributed by atoms with Gasteiger partial charge in [0.15, 0.2) is 0 Å². The van der Waals surface area contributed by atoms with E-state index in [1.54, 1.807) is 19.5 Å². The van der Waals surface area contributed by atoms with Crippen LogP contribution in [0.25, 0.3) is 0 Å². The highest BCUT2D eigenvalue weighted by Gasteiger charge is 2.45. The number of nitrogens with one attached hydrogen (secondary N) is 1. The maximum atomic E-state index is 5.71. The van der Waals surface area contributed by atoms with Crippen molar-refractivity contribution in [3.63, 3.8) is 0 Å². The first-order chi connectivity index (χ1) is 7.82. The molecule has 1 aromatic rings. The van der Waals surface area contributed by atoms with Gasteiger partial charge >= 0.3 is 0 Å². The van der Waals surface area contributed by atoms with Gasteiger partial charge in [-0.1, -0.05) is 6.92 Å². The van der Waals surface area contributed by atoms with Crippen LogP contribution in [0.5, 0.6) is 0 Å². The van der Waals surface area contributed by atoms with Gasteiger partial charge in [-0.25, -0.2) is 0 Å². The maximum absolute atomic E-state index is 5.71. The Morgan fingerprint density at radius 3 is 2.75 bits per heavy atom. The first kappa shape index (κ1) is 11.5. The molecule has 1 aromatic heterocycles. The van der Waals surface area contributed by atoms with Crippen molar-refractivity contribution in [2.24, 2.45) is 0 Å². The molecule has 1 aliphatic rings. The quantitative estimate of drug-likeness (QED) is 0.822. The Balaban J connectivity index is 2.23. The van der Waals surface area contributed by atoms with Crippen LogP contribution in [-0.2, 0) is 4.74 Å². The van der Waals surface area contributed by atoms with Crippen LogP contribution in [0.3, 0.4) is 0 Å². The van der Waals surface area contributed by atoms with Gasteiger partial charge in [-0.05, 0) is 25.8 Å². The molecule has 0 spiro atoms. The Bertz CT molecular complexity index is 319. The molecule has 4 heteroatoms. The molecule has 1 unspecified atom stereocenters. The Morgan fingerprint density at radius 2 is 2.31 bits per heavy atom. The molecule has 1 atom stereocenters. The van der Waals surface area contributed by atoms with Crippen molar-refractivity contribution in [2.75, 3.05) is 13.7 Å². The van der Waals surface area contributed by atoms with Crippen LogP contribution in [0, 0.1) is 0 Å². The van der Waals surface area contributed by atoms with Gasteiger partial charge in [0.2, 0.25) is 0 Å². The highest BCUT2D eigenvalue weighted by atomic mass is 16.5. The third kappa shape index (κ3) is 1.95. The van der Waals surface area contributed by atoms with Crippen molar-refractivity contribution in [3.05, 3.63) is 24.3 Å². The smallest absolute Gasteiger partial charge is 0.0888 e. The van der Waals surface area contributed by atoms with Crippen molar-refractivity contribution >= 4 is 0 Å². The highest BCUT2D eigenvalue weighted by Crippen LogP contribution is 2.44. The van der Waals surface area contributed by atoms with Crippen molar-refractivity contribution in [1.29, 1.82) is 0 Å². The van der Waals surface area contributed by atoms with E-state index in [1.807, 2.05) is 6.20 Å². The molecule has 1 fully saturated rings. The lowest BCUT2D eigenvalue weighted by molar-refractivity contribution is -0.100. The Hall–Kier alpha value is -1.00. The lowest BCUT2D eigenvalue weighted by Gasteiger charge is -2.46. The Labute approximate surface area is 96.4 Å². The minimum atomic E-state index is -0.0773. The van der Waals surface area contributed by atoms with Crippen LogP contribution in [-0.4, -0.2) is 29.2 Å². The number of nitrogens with zero attached hydrogens (tertiary/aromatic N) is 2. The molecule has 1 aliphatic carbocycles. The second-order valence-corrected chi connectivity index (χ2v) is 4.24. The molecule has 0 saturated heterocycles. The van der Waals surface area contributed by atoms with E-state index in [-0.39, 0.29) is 11.6 Å². The third-order valence-corrected chi connectivity index (χ3v) is 3.42. The number of hydrogen-bond acceptors (Lipinski definition) is 4. The monoisotopic (exact) mass is 221 g/mol. The van der Waals surface area contributed by atoms with Crippen LogP contribution in [0.15, 0.2) is 18.6 Å². The minimum absolute atomic E-state index is 0.0773. The molecule has 16 heavy (non-hydrogen) atoms. The maximum Gasteiger partial charge on any atom is 0.0888 e. The molecule has 0 bridgehead atoms. The zero-order chi connectivity index (χ0) is 11.4. The average molecular weight is 221 g/mol. The average Bonchev–Trinajstić information content (AvgIpc) is 2.28. The topological polar surface area (TPSA) is 47.0 Å². The van der Waals surface area contributed by atoms with Gasteiger partial charge in [-0.15, -0.1) is 0 Å². The van der Waals surface area contributed by atoms with E-state index in [9.17, 15) is 0 Å². The second-order valence-electron chi connectivity index (χ2n) is 4.24. The molecule has 0 radical (unpaired) electrons. The molecule has 0 amide bonds. The number of likely N-dealkylation sites (N-methyl/N-ethyl adjacent to an activating group) is 1. The summed E-state index contributed by atoms with van der Waals surface area (Å²) < 4.78 is 5.71. The van der Waals surface area contributed by atoms with E-state index < -0.39 is 0 Å². The summed E-state index contributed by atoms with van der Waals surface area (Å²) in [6.07, 6.45) is 8.69. The fourth-order valence-corrected chi connectivity index (χ4v) is 2.36. The molecule has 0 aromatic carbocycles. The fourth-order valence-electron chi connectivity index (χ4n) is 2.36. The molecular formula is C12H19N3O. The zero-order valence-corrected chi connectivity index (χ0v) is 9.94. The van der Waals surface area contributed by atoms with Crippen LogP contribution in [0.4, 0.5) is 0 Å². The van der Waals surface area contributed by atoms with Gasteiger partial charge < -0.3 is 10.1 Å². The fraction of sp³-hybridized carbons (Fsp3) is 0.667. The first-order valence-electron chi connectivity index (χ1n) is 5.87.